The Morgan fingerprint density at radius 1 is 1.40 bits per heavy atom. The largest absolute Gasteiger partial charge is 0.480 e. The van der Waals surface area contributed by atoms with Gasteiger partial charge in [0.2, 0.25) is 0 Å². The zero-order chi connectivity index (χ0) is 14.1. The minimum atomic E-state index is -0.886. The van der Waals surface area contributed by atoms with Crippen LogP contribution in [0.3, 0.4) is 0 Å². The molecule has 1 saturated carbocycles. The number of urea groups is 1. The van der Waals surface area contributed by atoms with Crippen LogP contribution in [0.2, 0.25) is 0 Å². The number of carbonyl (C=O) groups excluding carboxylic acids is 1. The highest BCUT2D eigenvalue weighted by atomic mass is 32.1. The SMILES string of the molecule is O=C(O)[C@@H]1CCCN1C(=O)N(Cc1cccs1)C1CC1. The third-order valence-electron chi connectivity index (χ3n) is 3.92. The molecule has 2 heterocycles. The second-order valence-corrected chi connectivity index (χ2v) is 6.44. The molecule has 0 unspecified atom stereocenters. The Bertz CT molecular complexity index is 499. The average Bonchev–Trinajstić information content (AvgIpc) is 2.95. The smallest absolute Gasteiger partial charge is 0.326 e. The first-order chi connectivity index (χ1) is 9.66. The van der Waals surface area contributed by atoms with E-state index in [0.29, 0.717) is 25.6 Å². The molecule has 1 N–H and O–H groups in total. The van der Waals surface area contributed by atoms with Crippen LogP contribution < -0.4 is 0 Å². The predicted molar refractivity (Wildman–Crippen MR) is 75.6 cm³/mol. The first kappa shape index (κ1) is 13.4. The highest BCUT2D eigenvalue weighted by molar-refractivity contribution is 7.09. The second kappa shape index (κ2) is 5.44. The molecule has 2 fully saturated rings. The molecule has 6 heteroatoms. The predicted octanol–water partition coefficient (Wildman–Crippen LogP) is 2.38. The molecule has 2 amide bonds. The maximum Gasteiger partial charge on any atom is 0.326 e. The molecule has 1 aliphatic carbocycles. The van der Waals surface area contributed by atoms with Crippen molar-refractivity contribution in [2.75, 3.05) is 6.54 Å². The first-order valence-electron chi connectivity index (χ1n) is 6.99. The van der Waals surface area contributed by atoms with Crippen LogP contribution in [-0.4, -0.2) is 45.5 Å². The van der Waals surface area contributed by atoms with Gasteiger partial charge >= 0.3 is 12.0 Å². The van der Waals surface area contributed by atoms with Gasteiger partial charge in [-0.15, -0.1) is 11.3 Å². The molecule has 1 aromatic rings. The van der Waals surface area contributed by atoms with Crippen LogP contribution in [0.1, 0.15) is 30.6 Å². The minimum Gasteiger partial charge on any atom is -0.480 e. The van der Waals surface area contributed by atoms with Crippen LogP contribution in [0.15, 0.2) is 17.5 Å². The lowest BCUT2D eigenvalue weighted by Gasteiger charge is -2.30. The van der Waals surface area contributed by atoms with Gasteiger partial charge in [0, 0.05) is 17.5 Å². The summed E-state index contributed by atoms with van der Waals surface area (Å²) in [6.45, 7) is 1.16. The van der Waals surface area contributed by atoms with Crippen molar-refractivity contribution in [1.29, 1.82) is 0 Å². The quantitative estimate of drug-likeness (QED) is 0.927. The molecular weight excluding hydrogens is 276 g/mol. The van der Waals surface area contributed by atoms with Crippen LogP contribution >= 0.6 is 11.3 Å². The standard InChI is InChI=1S/C14H18N2O3S/c17-13(18)12-4-1-7-15(12)14(19)16(10-5-6-10)9-11-3-2-8-20-11/h2-3,8,10,12H,1,4-7,9H2,(H,17,18)/t12-/m0/s1. The third kappa shape index (κ3) is 2.65. The van der Waals surface area contributed by atoms with E-state index in [2.05, 4.69) is 0 Å². The van der Waals surface area contributed by atoms with Crippen LogP contribution in [0.4, 0.5) is 4.79 Å². The number of hydrogen-bond acceptors (Lipinski definition) is 3. The maximum absolute atomic E-state index is 12.7. The minimum absolute atomic E-state index is 0.106. The number of likely N-dealkylation sites (tertiary alicyclic amines) is 1. The monoisotopic (exact) mass is 294 g/mol. The molecule has 20 heavy (non-hydrogen) atoms. The number of nitrogens with zero attached hydrogens (tertiary/aromatic N) is 2. The van der Waals surface area contributed by atoms with Crippen molar-refractivity contribution in [3.63, 3.8) is 0 Å². The molecule has 1 aromatic heterocycles. The van der Waals surface area contributed by atoms with Gasteiger partial charge in [-0.25, -0.2) is 9.59 Å². The number of aliphatic carboxylic acids is 1. The Morgan fingerprint density at radius 3 is 2.80 bits per heavy atom. The van der Waals surface area contributed by atoms with E-state index in [-0.39, 0.29) is 6.03 Å². The summed E-state index contributed by atoms with van der Waals surface area (Å²) >= 11 is 1.63. The molecule has 0 bridgehead atoms. The molecule has 2 aliphatic rings. The third-order valence-corrected chi connectivity index (χ3v) is 4.78. The first-order valence-corrected chi connectivity index (χ1v) is 7.87. The number of carboxylic acid groups (broad SMARTS) is 1. The van der Waals surface area contributed by atoms with Gasteiger partial charge in [-0.05, 0) is 37.1 Å². The zero-order valence-electron chi connectivity index (χ0n) is 11.2. The summed E-state index contributed by atoms with van der Waals surface area (Å²) in [7, 11) is 0. The number of carboxylic acids is 1. The molecule has 0 spiro atoms. The maximum atomic E-state index is 12.7. The van der Waals surface area contributed by atoms with Crippen molar-refractivity contribution < 1.29 is 14.7 Å². The lowest BCUT2D eigenvalue weighted by atomic mass is 10.2. The van der Waals surface area contributed by atoms with Gasteiger partial charge in [0.05, 0.1) is 6.54 Å². The fourth-order valence-corrected chi connectivity index (χ4v) is 3.43. The molecule has 1 saturated heterocycles. The Hall–Kier alpha value is -1.56. The van der Waals surface area contributed by atoms with E-state index in [1.165, 1.54) is 4.90 Å². The summed E-state index contributed by atoms with van der Waals surface area (Å²) in [6.07, 6.45) is 3.41. The molecule has 3 rings (SSSR count). The summed E-state index contributed by atoms with van der Waals surface area (Å²) in [6, 6.07) is 3.54. The Morgan fingerprint density at radius 2 is 2.20 bits per heavy atom. The van der Waals surface area contributed by atoms with Gasteiger partial charge < -0.3 is 14.9 Å². The summed E-state index contributed by atoms with van der Waals surface area (Å²) in [5, 5.41) is 11.2. The van der Waals surface area contributed by atoms with Crippen LogP contribution in [0.5, 0.6) is 0 Å². The highest BCUT2D eigenvalue weighted by Crippen LogP contribution is 2.31. The van der Waals surface area contributed by atoms with Crippen molar-refractivity contribution in [3.05, 3.63) is 22.4 Å². The van der Waals surface area contributed by atoms with Crippen LogP contribution in [0.25, 0.3) is 0 Å². The Labute approximate surface area is 121 Å². The van der Waals surface area contributed by atoms with E-state index < -0.39 is 12.0 Å². The topological polar surface area (TPSA) is 60.9 Å². The fraction of sp³-hybridized carbons (Fsp3) is 0.571. The zero-order valence-corrected chi connectivity index (χ0v) is 12.0. The van der Waals surface area contributed by atoms with E-state index in [1.807, 2.05) is 22.4 Å². The number of rotatable bonds is 4. The number of hydrogen-bond donors (Lipinski definition) is 1. The summed E-state index contributed by atoms with van der Waals surface area (Å²) in [5.74, 6) is -0.886. The van der Waals surface area contributed by atoms with E-state index in [4.69, 9.17) is 0 Å². The van der Waals surface area contributed by atoms with Crippen LogP contribution in [0, 0.1) is 0 Å². The average molecular weight is 294 g/mol. The van der Waals surface area contributed by atoms with Gasteiger partial charge in [0.15, 0.2) is 0 Å². The van der Waals surface area contributed by atoms with Gasteiger partial charge in [0.1, 0.15) is 6.04 Å². The van der Waals surface area contributed by atoms with Gasteiger partial charge in [-0.1, -0.05) is 6.07 Å². The normalized spacial score (nSPS) is 22.0. The molecule has 108 valence electrons. The molecular formula is C14H18N2O3S. The van der Waals surface area contributed by atoms with E-state index in [9.17, 15) is 14.7 Å². The van der Waals surface area contributed by atoms with Gasteiger partial charge in [0.25, 0.3) is 0 Å². The molecule has 1 aliphatic heterocycles. The van der Waals surface area contributed by atoms with Gasteiger partial charge in [-0.3, -0.25) is 0 Å². The van der Waals surface area contributed by atoms with E-state index in [0.717, 1.165) is 24.1 Å². The van der Waals surface area contributed by atoms with E-state index in [1.54, 1.807) is 11.3 Å². The summed E-state index contributed by atoms with van der Waals surface area (Å²) in [4.78, 5) is 28.4. The van der Waals surface area contributed by atoms with Crippen LogP contribution in [-0.2, 0) is 11.3 Å². The fourth-order valence-electron chi connectivity index (χ4n) is 2.73. The highest BCUT2D eigenvalue weighted by Gasteiger charge is 2.40. The van der Waals surface area contributed by atoms with Crippen molar-refractivity contribution in [1.82, 2.24) is 9.80 Å². The van der Waals surface area contributed by atoms with Gasteiger partial charge in [-0.2, -0.15) is 0 Å². The van der Waals surface area contributed by atoms with Crippen molar-refractivity contribution >= 4 is 23.3 Å². The molecule has 1 atom stereocenters. The lowest BCUT2D eigenvalue weighted by Crippen LogP contribution is -2.48. The number of amides is 2. The number of carbonyl (C=O) groups is 2. The Kier molecular flexibility index (Phi) is 3.65. The summed E-state index contributed by atoms with van der Waals surface area (Å²) in [5.41, 5.74) is 0. The summed E-state index contributed by atoms with van der Waals surface area (Å²) < 4.78 is 0. The second-order valence-electron chi connectivity index (χ2n) is 5.41. The number of thiophene rings is 1. The van der Waals surface area contributed by atoms with Crippen molar-refractivity contribution in [2.24, 2.45) is 0 Å². The molecule has 0 radical (unpaired) electrons. The molecule has 5 nitrogen and oxygen atoms in total. The van der Waals surface area contributed by atoms with Crippen molar-refractivity contribution in [2.45, 2.75) is 44.3 Å². The lowest BCUT2D eigenvalue weighted by molar-refractivity contribution is -0.141. The molecule has 0 aromatic carbocycles. The van der Waals surface area contributed by atoms with Crippen molar-refractivity contribution in [3.8, 4) is 0 Å². The Balaban J connectivity index is 1.73. The van der Waals surface area contributed by atoms with E-state index >= 15 is 0 Å².